The highest BCUT2D eigenvalue weighted by atomic mass is 35.5. The molecule has 0 saturated heterocycles. The van der Waals surface area contributed by atoms with Gasteiger partial charge in [-0.25, -0.2) is 8.78 Å². The van der Waals surface area contributed by atoms with Gasteiger partial charge in [-0.1, -0.05) is 24.1 Å². The molecule has 21 heavy (non-hydrogen) atoms. The number of rotatable bonds is 3. The van der Waals surface area contributed by atoms with Gasteiger partial charge in [0.05, 0.1) is 12.0 Å². The van der Waals surface area contributed by atoms with Gasteiger partial charge < -0.3 is 10.3 Å². The van der Waals surface area contributed by atoms with Crippen LogP contribution in [0, 0.1) is 11.6 Å². The van der Waals surface area contributed by atoms with Crippen LogP contribution in [-0.2, 0) is 12.0 Å². The second-order valence-corrected chi connectivity index (χ2v) is 5.29. The van der Waals surface area contributed by atoms with E-state index in [1.54, 1.807) is 0 Å². The van der Waals surface area contributed by atoms with Crippen LogP contribution in [0.25, 0.3) is 0 Å². The van der Waals surface area contributed by atoms with Crippen molar-refractivity contribution in [2.24, 2.45) is 5.73 Å². The van der Waals surface area contributed by atoms with E-state index in [-0.39, 0.29) is 18.8 Å². The van der Waals surface area contributed by atoms with E-state index in [0.29, 0.717) is 17.3 Å². The molecule has 2 N–H and O–H groups in total. The van der Waals surface area contributed by atoms with Gasteiger partial charge >= 0.3 is 0 Å². The van der Waals surface area contributed by atoms with Crippen molar-refractivity contribution < 1.29 is 13.3 Å². The lowest BCUT2D eigenvalue weighted by atomic mass is 9.99. The molecule has 0 radical (unpaired) electrons. The van der Waals surface area contributed by atoms with Gasteiger partial charge in [-0.05, 0) is 24.5 Å². The number of nitrogens with two attached hydrogens (primary N) is 1. The second kappa shape index (κ2) is 6.07. The Labute approximate surface area is 127 Å². The second-order valence-electron chi connectivity index (χ2n) is 5.29. The van der Waals surface area contributed by atoms with Crippen molar-refractivity contribution in [3.63, 3.8) is 0 Å². The zero-order valence-electron chi connectivity index (χ0n) is 11.3. The van der Waals surface area contributed by atoms with Gasteiger partial charge in [0.1, 0.15) is 11.6 Å². The van der Waals surface area contributed by atoms with E-state index in [1.807, 2.05) is 0 Å². The Balaban J connectivity index is 0.00000161. The molecule has 114 valence electrons. The highest BCUT2D eigenvalue weighted by molar-refractivity contribution is 5.85. The van der Waals surface area contributed by atoms with Crippen molar-refractivity contribution in [2.45, 2.75) is 37.6 Å². The molecule has 1 heterocycles. The Morgan fingerprint density at radius 2 is 1.95 bits per heavy atom. The molecule has 1 aromatic heterocycles. The zero-order chi connectivity index (χ0) is 14.2. The normalized spacial score (nSPS) is 16.7. The average molecular weight is 316 g/mol. The quantitative estimate of drug-likeness (QED) is 0.945. The highest BCUT2D eigenvalue weighted by Gasteiger charge is 2.35. The lowest BCUT2D eigenvalue weighted by Gasteiger charge is -2.17. The number of benzene rings is 1. The molecule has 4 nitrogen and oxygen atoms in total. The van der Waals surface area contributed by atoms with Crippen LogP contribution in [0.2, 0.25) is 0 Å². The monoisotopic (exact) mass is 315 g/mol. The van der Waals surface area contributed by atoms with Gasteiger partial charge in [0.25, 0.3) is 0 Å². The number of halogens is 3. The molecule has 1 aromatic carbocycles. The molecule has 3 rings (SSSR count). The third-order valence-electron chi connectivity index (χ3n) is 3.77. The molecule has 7 heteroatoms. The first-order chi connectivity index (χ1) is 9.57. The lowest BCUT2D eigenvalue weighted by molar-refractivity contribution is 0.351. The van der Waals surface area contributed by atoms with Crippen molar-refractivity contribution in [2.75, 3.05) is 0 Å². The minimum absolute atomic E-state index is 0. The summed E-state index contributed by atoms with van der Waals surface area (Å²) in [5.74, 6) is -0.452. The van der Waals surface area contributed by atoms with Crippen molar-refractivity contribution >= 4 is 12.4 Å². The Kier molecular flexibility index (Phi) is 4.58. The van der Waals surface area contributed by atoms with Crippen LogP contribution < -0.4 is 5.73 Å². The Morgan fingerprint density at radius 1 is 1.24 bits per heavy atom. The van der Waals surface area contributed by atoms with Crippen LogP contribution in [0.15, 0.2) is 22.7 Å². The van der Waals surface area contributed by atoms with Crippen LogP contribution in [0.5, 0.6) is 0 Å². The molecule has 1 saturated carbocycles. The van der Waals surface area contributed by atoms with Gasteiger partial charge in [-0.3, -0.25) is 0 Å². The zero-order valence-corrected chi connectivity index (χ0v) is 12.1. The third-order valence-corrected chi connectivity index (χ3v) is 3.77. The van der Waals surface area contributed by atoms with Gasteiger partial charge in [0, 0.05) is 6.07 Å². The predicted octanol–water partition coefficient (Wildman–Crippen LogP) is 3.09. The van der Waals surface area contributed by atoms with Gasteiger partial charge in [0.15, 0.2) is 5.82 Å². The fourth-order valence-electron chi connectivity index (χ4n) is 2.59. The molecule has 0 atom stereocenters. The predicted molar refractivity (Wildman–Crippen MR) is 75.0 cm³/mol. The summed E-state index contributed by atoms with van der Waals surface area (Å²) < 4.78 is 31.5. The highest BCUT2D eigenvalue weighted by Crippen LogP contribution is 2.34. The van der Waals surface area contributed by atoms with E-state index in [4.69, 9.17) is 10.3 Å². The maximum Gasteiger partial charge on any atom is 0.231 e. The largest absolute Gasteiger partial charge is 0.339 e. The van der Waals surface area contributed by atoms with Gasteiger partial charge in [-0.15, -0.1) is 12.4 Å². The summed E-state index contributed by atoms with van der Waals surface area (Å²) in [6, 6.07) is 3.42. The molecule has 0 unspecified atom stereocenters. The molecule has 0 bridgehead atoms. The summed E-state index contributed by atoms with van der Waals surface area (Å²) in [7, 11) is 0. The number of hydrogen-bond acceptors (Lipinski definition) is 4. The van der Waals surface area contributed by atoms with E-state index in [0.717, 1.165) is 31.7 Å². The standard InChI is InChI=1S/C14H15F2N3O.ClH/c15-10-4-3-9(11(16)8-10)7-12-18-13(19-20-12)14(17)5-1-2-6-14;/h3-4,8H,1-2,5-7,17H2;1H. The third kappa shape index (κ3) is 3.22. The SMILES string of the molecule is Cl.NC1(c2noc(Cc3ccc(F)cc3F)n2)CCCC1. The van der Waals surface area contributed by atoms with E-state index in [2.05, 4.69) is 10.1 Å². The topological polar surface area (TPSA) is 64.9 Å². The van der Waals surface area contributed by atoms with Crippen molar-refractivity contribution in [3.05, 3.63) is 47.1 Å². The summed E-state index contributed by atoms with van der Waals surface area (Å²) >= 11 is 0. The number of hydrogen-bond donors (Lipinski definition) is 1. The van der Waals surface area contributed by atoms with Crippen LogP contribution >= 0.6 is 12.4 Å². The first kappa shape index (κ1) is 15.9. The van der Waals surface area contributed by atoms with Crippen LogP contribution in [0.4, 0.5) is 8.78 Å². The fraction of sp³-hybridized carbons (Fsp3) is 0.429. The summed E-state index contributed by atoms with van der Waals surface area (Å²) in [4.78, 5) is 4.26. The summed E-state index contributed by atoms with van der Waals surface area (Å²) in [5, 5.41) is 3.91. The molecule has 2 aromatic rings. The van der Waals surface area contributed by atoms with Crippen LogP contribution in [0.3, 0.4) is 0 Å². The minimum Gasteiger partial charge on any atom is -0.339 e. The van der Waals surface area contributed by atoms with Crippen LogP contribution in [0.1, 0.15) is 43.0 Å². The Morgan fingerprint density at radius 3 is 2.62 bits per heavy atom. The first-order valence-corrected chi connectivity index (χ1v) is 6.63. The van der Waals surface area contributed by atoms with Crippen molar-refractivity contribution in [3.8, 4) is 0 Å². The number of aromatic nitrogens is 2. The minimum atomic E-state index is -0.618. The summed E-state index contributed by atoms with van der Waals surface area (Å²) in [6.07, 6.45) is 3.89. The van der Waals surface area contributed by atoms with Crippen molar-refractivity contribution in [1.29, 1.82) is 0 Å². The fourth-order valence-corrected chi connectivity index (χ4v) is 2.59. The molecule has 1 aliphatic rings. The van der Waals surface area contributed by atoms with E-state index >= 15 is 0 Å². The Bertz CT molecular complexity index is 626. The molecule has 1 fully saturated rings. The number of nitrogens with zero attached hydrogens (tertiary/aromatic N) is 2. The van der Waals surface area contributed by atoms with Gasteiger partial charge in [-0.2, -0.15) is 4.98 Å². The molecule has 0 amide bonds. The first-order valence-electron chi connectivity index (χ1n) is 6.63. The average Bonchev–Trinajstić information content (AvgIpc) is 3.03. The smallest absolute Gasteiger partial charge is 0.231 e. The van der Waals surface area contributed by atoms with Crippen molar-refractivity contribution in [1.82, 2.24) is 10.1 Å². The lowest BCUT2D eigenvalue weighted by Crippen LogP contribution is -2.34. The van der Waals surface area contributed by atoms with Crippen LogP contribution in [-0.4, -0.2) is 10.1 Å². The molecule has 0 spiro atoms. The summed E-state index contributed by atoms with van der Waals surface area (Å²) in [6.45, 7) is 0. The maximum absolute atomic E-state index is 13.6. The maximum atomic E-state index is 13.6. The molecular weight excluding hydrogens is 300 g/mol. The Hall–Kier alpha value is -1.53. The summed E-state index contributed by atoms with van der Waals surface area (Å²) in [5.41, 5.74) is 6.02. The molecule has 1 aliphatic carbocycles. The molecular formula is C14H16ClF2N3O. The van der Waals surface area contributed by atoms with E-state index in [1.165, 1.54) is 12.1 Å². The molecule has 0 aliphatic heterocycles. The van der Waals surface area contributed by atoms with Gasteiger partial charge in [0.2, 0.25) is 5.89 Å². The van der Waals surface area contributed by atoms with E-state index in [9.17, 15) is 8.78 Å². The van der Waals surface area contributed by atoms with E-state index < -0.39 is 17.2 Å².